The molecule has 1 heterocycles. The van der Waals surface area contributed by atoms with Gasteiger partial charge in [0.1, 0.15) is 11.4 Å². The molecule has 0 saturated carbocycles. The second-order valence-electron chi connectivity index (χ2n) is 3.64. The van der Waals surface area contributed by atoms with E-state index in [-0.39, 0.29) is 10.7 Å². The summed E-state index contributed by atoms with van der Waals surface area (Å²) in [5, 5.41) is 13.1. The summed E-state index contributed by atoms with van der Waals surface area (Å²) in [6, 6.07) is 7.18. The monoisotopic (exact) mass is 266 g/mol. The zero-order valence-electron chi connectivity index (χ0n) is 9.85. The molecule has 0 unspecified atom stereocenters. The summed E-state index contributed by atoms with van der Waals surface area (Å²) in [6.07, 6.45) is 0. The predicted octanol–water partition coefficient (Wildman–Crippen LogP) is 2.54. The van der Waals surface area contributed by atoms with Gasteiger partial charge in [-0.2, -0.15) is 5.10 Å². The summed E-state index contributed by atoms with van der Waals surface area (Å²) in [5.41, 5.74) is 1.03. The van der Waals surface area contributed by atoms with Crippen LogP contribution in [-0.2, 0) is 0 Å². The molecule has 0 amide bonds. The van der Waals surface area contributed by atoms with E-state index < -0.39 is 5.97 Å². The van der Waals surface area contributed by atoms with Gasteiger partial charge in [-0.25, -0.2) is 9.48 Å². The van der Waals surface area contributed by atoms with Crippen LogP contribution in [0.1, 0.15) is 16.2 Å². The maximum absolute atomic E-state index is 11.0. The number of hydrogen-bond donors (Lipinski definition) is 1. The SMILES string of the molecule is COc1ccccc1-n1nc(C(=O)O)c(Cl)c1C. The number of aromatic nitrogens is 2. The van der Waals surface area contributed by atoms with Crippen LogP contribution in [0.2, 0.25) is 5.02 Å². The van der Waals surface area contributed by atoms with Crippen LogP contribution in [-0.4, -0.2) is 28.0 Å². The third kappa shape index (κ3) is 1.93. The maximum atomic E-state index is 11.0. The van der Waals surface area contributed by atoms with Crippen molar-refractivity contribution in [1.29, 1.82) is 0 Å². The minimum atomic E-state index is -1.16. The molecule has 6 heteroatoms. The Balaban J connectivity index is 2.65. The summed E-state index contributed by atoms with van der Waals surface area (Å²) in [7, 11) is 1.54. The number of carbonyl (C=O) groups is 1. The molecular weight excluding hydrogens is 256 g/mol. The first-order valence-electron chi connectivity index (χ1n) is 5.18. The Kier molecular flexibility index (Phi) is 3.25. The van der Waals surface area contributed by atoms with Crippen molar-refractivity contribution in [2.24, 2.45) is 0 Å². The van der Waals surface area contributed by atoms with Crippen LogP contribution in [0.4, 0.5) is 0 Å². The van der Waals surface area contributed by atoms with Gasteiger partial charge in [0.15, 0.2) is 5.69 Å². The first-order valence-corrected chi connectivity index (χ1v) is 5.56. The van der Waals surface area contributed by atoms with E-state index in [0.717, 1.165) is 0 Å². The van der Waals surface area contributed by atoms with E-state index in [9.17, 15) is 4.79 Å². The topological polar surface area (TPSA) is 64.4 Å². The summed E-state index contributed by atoms with van der Waals surface area (Å²) >= 11 is 5.95. The van der Waals surface area contributed by atoms with Gasteiger partial charge in [0, 0.05) is 0 Å². The maximum Gasteiger partial charge on any atom is 0.358 e. The first kappa shape index (κ1) is 12.4. The molecular formula is C12H11ClN2O3. The molecule has 1 aromatic carbocycles. The van der Waals surface area contributed by atoms with Gasteiger partial charge in [0.05, 0.1) is 17.8 Å². The van der Waals surface area contributed by atoms with Gasteiger partial charge >= 0.3 is 5.97 Å². The molecule has 0 spiro atoms. The minimum Gasteiger partial charge on any atom is -0.494 e. The molecule has 18 heavy (non-hydrogen) atoms. The highest BCUT2D eigenvalue weighted by atomic mass is 35.5. The Morgan fingerprint density at radius 2 is 2.11 bits per heavy atom. The Bertz CT molecular complexity index is 607. The number of methoxy groups -OCH3 is 1. The number of ether oxygens (including phenoxy) is 1. The van der Waals surface area contributed by atoms with Crippen molar-refractivity contribution in [2.75, 3.05) is 7.11 Å². The fourth-order valence-electron chi connectivity index (χ4n) is 1.66. The Morgan fingerprint density at radius 3 is 2.67 bits per heavy atom. The molecule has 0 aliphatic rings. The van der Waals surface area contributed by atoms with E-state index in [1.807, 2.05) is 12.1 Å². The quantitative estimate of drug-likeness (QED) is 0.927. The van der Waals surface area contributed by atoms with Crippen LogP contribution in [0.5, 0.6) is 5.75 Å². The second-order valence-corrected chi connectivity index (χ2v) is 4.01. The fourth-order valence-corrected chi connectivity index (χ4v) is 1.86. The van der Waals surface area contributed by atoms with Crippen molar-refractivity contribution in [3.05, 3.63) is 40.7 Å². The average molecular weight is 267 g/mol. The van der Waals surface area contributed by atoms with Gasteiger partial charge < -0.3 is 9.84 Å². The lowest BCUT2D eigenvalue weighted by molar-refractivity contribution is 0.0690. The lowest BCUT2D eigenvalue weighted by Gasteiger charge is -2.09. The van der Waals surface area contributed by atoms with Crippen molar-refractivity contribution in [3.8, 4) is 11.4 Å². The van der Waals surface area contributed by atoms with E-state index in [4.69, 9.17) is 21.4 Å². The summed E-state index contributed by atoms with van der Waals surface area (Å²) < 4.78 is 6.68. The standard InChI is InChI=1S/C12H11ClN2O3/c1-7-10(13)11(12(16)17)14-15(7)8-5-3-4-6-9(8)18-2/h3-6H,1-2H3,(H,16,17). The van der Waals surface area contributed by atoms with Gasteiger partial charge in [0.25, 0.3) is 0 Å². The van der Waals surface area contributed by atoms with Crippen LogP contribution in [0.3, 0.4) is 0 Å². The lowest BCUT2D eigenvalue weighted by Crippen LogP contribution is -2.03. The lowest BCUT2D eigenvalue weighted by atomic mass is 10.3. The molecule has 0 aliphatic carbocycles. The Labute approximate surface area is 109 Å². The average Bonchev–Trinajstić information content (AvgIpc) is 2.66. The third-order valence-corrected chi connectivity index (χ3v) is 3.01. The number of carboxylic acid groups (broad SMARTS) is 1. The smallest absolute Gasteiger partial charge is 0.358 e. The number of hydrogen-bond acceptors (Lipinski definition) is 3. The highest BCUT2D eigenvalue weighted by Crippen LogP contribution is 2.27. The molecule has 0 bridgehead atoms. The van der Waals surface area contributed by atoms with Gasteiger partial charge in [-0.1, -0.05) is 23.7 Å². The van der Waals surface area contributed by atoms with E-state index >= 15 is 0 Å². The summed E-state index contributed by atoms with van der Waals surface area (Å²) in [5.74, 6) is -0.562. The van der Waals surface area contributed by atoms with Crippen molar-refractivity contribution < 1.29 is 14.6 Å². The van der Waals surface area contributed by atoms with Gasteiger partial charge in [-0.3, -0.25) is 0 Å². The first-order chi connectivity index (χ1) is 8.56. The van der Waals surface area contributed by atoms with Gasteiger partial charge in [-0.15, -0.1) is 0 Å². The third-order valence-electron chi connectivity index (χ3n) is 2.56. The highest BCUT2D eigenvalue weighted by Gasteiger charge is 2.20. The minimum absolute atomic E-state index is 0.133. The highest BCUT2D eigenvalue weighted by molar-refractivity contribution is 6.33. The number of benzene rings is 1. The molecule has 0 saturated heterocycles. The van der Waals surface area contributed by atoms with E-state index in [1.165, 1.54) is 11.8 Å². The Hall–Kier alpha value is -2.01. The van der Waals surface area contributed by atoms with Crippen LogP contribution in [0, 0.1) is 6.92 Å². The summed E-state index contributed by atoms with van der Waals surface area (Å²) in [4.78, 5) is 11.0. The van der Waals surface area contributed by atoms with E-state index in [0.29, 0.717) is 17.1 Å². The zero-order valence-corrected chi connectivity index (χ0v) is 10.6. The van der Waals surface area contributed by atoms with Crippen molar-refractivity contribution >= 4 is 17.6 Å². The number of nitrogens with zero attached hydrogens (tertiary/aromatic N) is 2. The normalized spacial score (nSPS) is 10.4. The number of halogens is 1. The van der Waals surface area contributed by atoms with Crippen LogP contribution >= 0.6 is 11.6 Å². The van der Waals surface area contributed by atoms with Crippen molar-refractivity contribution in [3.63, 3.8) is 0 Å². The van der Waals surface area contributed by atoms with Crippen LogP contribution < -0.4 is 4.74 Å². The second kappa shape index (κ2) is 4.70. The number of carboxylic acids is 1. The molecule has 0 aliphatic heterocycles. The predicted molar refractivity (Wildman–Crippen MR) is 66.8 cm³/mol. The molecule has 94 valence electrons. The molecule has 0 atom stereocenters. The molecule has 2 aromatic rings. The van der Waals surface area contributed by atoms with Crippen molar-refractivity contribution in [1.82, 2.24) is 9.78 Å². The van der Waals surface area contributed by atoms with Crippen LogP contribution in [0.15, 0.2) is 24.3 Å². The number of para-hydroxylation sites is 2. The van der Waals surface area contributed by atoms with Crippen LogP contribution in [0.25, 0.3) is 5.69 Å². The van der Waals surface area contributed by atoms with E-state index in [2.05, 4.69) is 5.10 Å². The number of aromatic carboxylic acids is 1. The molecule has 0 fully saturated rings. The molecule has 1 aromatic heterocycles. The molecule has 0 radical (unpaired) electrons. The zero-order chi connectivity index (χ0) is 13.3. The van der Waals surface area contributed by atoms with Gasteiger partial charge in [0.2, 0.25) is 0 Å². The molecule has 5 nitrogen and oxygen atoms in total. The summed E-state index contributed by atoms with van der Waals surface area (Å²) in [6.45, 7) is 1.70. The number of rotatable bonds is 3. The molecule has 2 rings (SSSR count). The Morgan fingerprint density at radius 1 is 1.44 bits per heavy atom. The largest absolute Gasteiger partial charge is 0.494 e. The fraction of sp³-hybridized carbons (Fsp3) is 0.167. The molecule has 1 N–H and O–H groups in total. The van der Waals surface area contributed by atoms with Crippen molar-refractivity contribution in [2.45, 2.75) is 6.92 Å². The van der Waals surface area contributed by atoms with Gasteiger partial charge in [-0.05, 0) is 19.1 Å². The van der Waals surface area contributed by atoms with E-state index in [1.54, 1.807) is 19.1 Å².